The minimum absolute atomic E-state index is 0.0797. The van der Waals surface area contributed by atoms with Gasteiger partial charge in [0, 0.05) is 44.8 Å². The second-order valence-corrected chi connectivity index (χ2v) is 9.31. The monoisotopic (exact) mass is 431 g/mol. The standard InChI is InChI=1S/C22H29N3O4S/c1-29-21-9-7-20(8-10-21)22(26)24(14-11-19-5-3-2-4-6-19)17-18-30(27,28)25-15-12-23-13-16-25/h2-10,23H,11-18H2,1H3. The fraction of sp³-hybridized carbons (Fsp3) is 0.409. The van der Waals surface area contributed by atoms with E-state index in [4.69, 9.17) is 4.74 Å². The molecule has 0 spiro atoms. The number of piperazine rings is 1. The van der Waals surface area contributed by atoms with Crippen molar-refractivity contribution in [2.24, 2.45) is 0 Å². The molecule has 1 N–H and O–H groups in total. The fourth-order valence-corrected chi connectivity index (χ4v) is 4.87. The zero-order chi connectivity index (χ0) is 21.4. The highest BCUT2D eigenvalue weighted by Crippen LogP contribution is 2.14. The van der Waals surface area contributed by atoms with Gasteiger partial charge in [0.05, 0.1) is 12.9 Å². The van der Waals surface area contributed by atoms with Gasteiger partial charge in [-0.05, 0) is 36.2 Å². The molecule has 1 aliphatic heterocycles. The molecule has 1 amide bonds. The van der Waals surface area contributed by atoms with E-state index in [1.54, 1.807) is 36.3 Å². The summed E-state index contributed by atoms with van der Waals surface area (Å²) in [7, 11) is -1.83. The molecule has 0 unspecified atom stereocenters. The highest BCUT2D eigenvalue weighted by molar-refractivity contribution is 7.89. The van der Waals surface area contributed by atoms with E-state index >= 15 is 0 Å². The summed E-state index contributed by atoms with van der Waals surface area (Å²) in [6.45, 7) is 2.86. The van der Waals surface area contributed by atoms with Gasteiger partial charge in [-0.15, -0.1) is 0 Å². The van der Waals surface area contributed by atoms with E-state index in [0.717, 1.165) is 5.56 Å². The second-order valence-electron chi connectivity index (χ2n) is 7.22. The number of rotatable bonds is 9. The van der Waals surface area contributed by atoms with Gasteiger partial charge in [0.1, 0.15) is 5.75 Å². The average molecular weight is 432 g/mol. The molecule has 0 atom stereocenters. The third-order valence-corrected chi connectivity index (χ3v) is 7.08. The maximum atomic E-state index is 13.1. The number of methoxy groups -OCH3 is 1. The minimum atomic E-state index is -3.41. The van der Waals surface area contributed by atoms with Crippen molar-refractivity contribution in [1.29, 1.82) is 0 Å². The number of nitrogens with one attached hydrogen (secondary N) is 1. The molecule has 8 heteroatoms. The number of hydrogen-bond acceptors (Lipinski definition) is 5. The summed E-state index contributed by atoms with van der Waals surface area (Å²) in [5.74, 6) is 0.414. The number of benzene rings is 2. The van der Waals surface area contributed by atoms with E-state index in [-0.39, 0.29) is 18.2 Å². The number of sulfonamides is 1. The summed E-state index contributed by atoms with van der Waals surface area (Å²) in [5, 5.41) is 3.16. The number of carbonyl (C=O) groups is 1. The highest BCUT2D eigenvalue weighted by Gasteiger charge is 2.26. The normalized spacial score (nSPS) is 15.0. The Morgan fingerprint density at radius 2 is 1.70 bits per heavy atom. The van der Waals surface area contributed by atoms with Crippen molar-refractivity contribution in [1.82, 2.24) is 14.5 Å². The van der Waals surface area contributed by atoms with Crippen molar-refractivity contribution < 1.29 is 17.9 Å². The summed E-state index contributed by atoms with van der Waals surface area (Å²) in [5.41, 5.74) is 1.62. The van der Waals surface area contributed by atoms with Crippen LogP contribution >= 0.6 is 0 Å². The molecular weight excluding hydrogens is 402 g/mol. The van der Waals surface area contributed by atoms with Gasteiger partial charge in [0.15, 0.2) is 0 Å². The molecule has 7 nitrogen and oxygen atoms in total. The Balaban J connectivity index is 1.71. The van der Waals surface area contributed by atoms with Crippen LogP contribution in [-0.4, -0.2) is 75.7 Å². The quantitative estimate of drug-likeness (QED) is 0.653. The lowest BCUT2D eigenvalue weighted by atomic mass is 10.1. The lowest BCUT2D eigenvalue weighted by Gasteiger charge is -2.28. The molecule has 1 heterocycles. The van der Waals surface area contributed by atoms with Crippen LogP contribution in [0.15, 0.2) is 54.6 Å². The highest BCUT2D eigenvalue weighted by atomic mass is 32.2. The van der Waals surface area contributed by atoms with Crippen LogP contribution in [-0.2, 0) is 16.4 Å². The Morgan fingerprint density at radius 1 is 1.03 bits per heavy atom. The topological polar surface area (TPSA) is 79.0 Å². The molecule has 162 valence electrons. The first-order valence-corrected chi connectivity index (χ1v) is 11.8. The van der Waals surface area contributed by atoms with Crippen LogP contribution in [0, 0.1) is 0 Å². The van der Waals surface area contributed by atoms with Gasteiger partial charge in [0.25, 0.3) is 5.91 Å². The molecule has 0 aliphatic carbocycles. The molecule has 0 saturated carbocycles. The van der Waals surface area contributed by atoms with E-state index in [1.807, 2.05) is 30.3 Å². The molecule has 2 aromatic carbocycles. The van der Waals surface area contributed by atoms with Crippen LogP contribution in [0.3, 0.4) is 0 Å². The Kier molecular flexibility index (Phi) is 7.84. The van der Waals surface area contributed by atoms with Gasteiger partial charge in [-0.3, -0.25) is 4.79 Å². The van der Waals surface area contributed by atoms with Gasteiger partial charge in [-0.2, -0.15) is 4.31 Å². The molecule has 1 fully saturated rings. The molecule has 3 rings (SSSR count). The summed E-state index contributed by atoms with van der Waals surface area (Å²) in [6, 6.07) is 16.8. The van der Waals surface area contributed by atoms with Crippen LogP contribution in [0.2, 0.25) is 0 Å². The zero-order valence-electron chi connectivity index (χ0n) is 17.3. The molecule has 0 bridgehead atoms. The predicted octanol–water partition coefficient (Wildman–Crippen LogP) is 1.62. The Hall–Kier alpha value is -2.42. The fourth-order valence-electron chi connectivity index (χ4n) is 3.42. The lowest BCUT2D eigenvalue weighted by Crippen LogP contribution is -2.48. The van der Waals surface area contributed by atoms with Gasteiger partial charge in [0.2, 0.25) is 10.0 Å². The summed E-state index contributed by atoms with van der Waals surface area (Å²) >= 11 is 0. The summed E-state index contributed by atoms with van der Waals surface area (Å²) in [4.78, 5) is 14.8. The van der Waals surface area contributed by atoms with Gasteiger partial charge in [-0.25, -0.2) is 8.42 Å². The SMILES string of the molecule is COc1ccc(C(=O)N(CCc2ccccc2)CCS(=O)(=O)N2CCNCC2)cc1. The third-order valence-electron chi connectivity index (χ3n) is 5.23. The zero-order valence-corrected chi connectivity index (χ0v) is 18.1. The maximum absolute atomic E-state index is 13.1. The van der Waals surface area contributed by atoms with Gasteiger partial charge in [-0.1, -0.05) is 30.3 Å². The smallest absolute Gasteiger partial charge is 0.253 e. The van der Waals surface area contributed by atoms with E-state index < -0.39 is 10.0 Å². The maximum Gasteiger partial charge on any atom is 0.253 e. The van der Waals surface area contributed by atoms with Crippen molar-refractivity contribution >= 4 is 15.9 Å². The molecule has 1 aliphatic rings. The average Bonchev–Trinajstić information content (AvgIpc) is 2.80. The van der Waals surface area contributed by atoms with Crippen LogP contribution < -0.4 is 10.1 Å². The largest absolute Gasteiger partial charge is 0.497 e. The number of nitrogens with zero attached hydrogens (tertiary/aromatic N) is 2. The lowest BCUT2D eigenvalue weighted by molar-refractivity contribution is 0.0767. The van der Waals surface area contributed by atoms with Crippen molar-refractivity contribution in [2.45, 2.75) is 6.42 Å². The molecular formula is C22H29N3O4S. The number of carbonyl (C=O) groups excluding carboxylic acids is 1. The van der Waals surface area contributed by atoms with Gasteiger partial charge < -0.3 is 15.0 Å². The number of hydrogen-bond donors (Lipinski definition) is 1. The van der Waals surface area contributed by atoms with E-state index in [0.29, 0.717) is 50.5 Å². The van der Waals surface area contributed by atoms with Crippen molar-refractivity contribution in [3.8, 4) is 5.75 Å². The number of ether oxygens (including phenoxy) is 1. The van der Waals surface area contributed by atoms with Crippen molar-refractivity contribution in [3.63, 3.8) is 0 Å². The first-order valence-electron chi connectivity index (χ1n) is 10.2. The van der Waals surface area contributed by atoms with E-state index in [9.17, 15) is 13.2 Å². The van der Waals surface area contributed by atoms with Crippen molar-refractivity contribution in [2.75, 3.05) is 52.1 Å². The Labute approximate surface area is 178 Å². The van der Waals surface area contributed by atoms with Crippen molar-refractivity contribution in [3.05, 3.63) is 65.7 Å². The predicted molar refractivity (Wildman–Crippen MR) is 117 cm³/mol. The molecule has 1 saturated heterocycles. The summed E-state index contributed by atoms with van der Waals surface area (Å²) < 4.78 is 32.2. The first kappa shape index (κ1) is 22.3. The van der Waals surface area contributed by atoms with Crippen LogP contribution in [0.5, 0.6) is 5.75 Å². The summed E-state index contributed by atoms with van der Waals surface area (Å²) in [6.07, 6.45) is 0.663. The van der Waals surface area contributed by atoms with Crippen LogP contribution in [0.25, 0.3) is 0 Å². The first-order chi connectivity index (χ1) is 14.5. The Bertz CT molecular complexity index is 911. The van der Waals surface area contributed by atoms with Gasteiger partial charge >= 0.3 is 0 Å². The van der Waals surface area contributed by atoms with Crippen LogP contribution in [0.4, 0.5) is 0 Å². The Morgan fingerprint density at radius 3 is 2.33 bits per heavy atom. The van der Waals surface area contributed by atoms with Crippen LogP contribution in [0.1, 0.15) is 15.9 Å². The molecule has 0 aromatic heterocycles. The minimum Gasteiger partial charge on any atom is -0.497 e. The second kappa shape index (κ2) is 10.6. The number of amides is 1. The van der Waals surface area contributed by atoms with E-state index in [1.165, 1.54) is 4.31 Å². The third kappa shape index (κ3) is 6.04. The molecule has 2 aromatic rings. The molecule has 0 radical (unpaired) electrons. The van der Waals surface area contributed by atoms with E-state index in [2.05, 4.69) is 5.32 Å². The molecule has 30 heavy (non-hydrogen) atoms.